The van der Waals surface area contributed by atoms with E-state index < -0.39 is 0 Å². The van der Waals surface area contributed by atoms with Crippen molar-refractivity contribution in [3.05, 3.63) is 66.4 Å². The Morgan fingerprint density at radius 3 is 2.73 bits per heavy atom. The van der Waals surface area contributed by atoms with Crippen molar-refractivity contribution >= 4 is 11.6 Å². The number of amides is 1. The zero-order valence-electron chi connectivity index (χ0n) is 17.1. The molecule has 4 rings (SSSR count). The molecule has 0 bridgehead atoms. The summed E-state index contributed by atoms with van der Waals surface area (Å²) in [5.41, 5.74) is 2.73. The molecule has 1 aliphatic heterocycles. The molecule has 30 heavy (non-hydrogen) atoms. The molecule has 1 aromatic heterocycles. The van der Waals surface area contributed by atoms with E-state index in [1.165, 1.54) is 0 Å². The number of methoxy groups -OCH3 is 1. The summed E-state index contributed by atoms with van der Waals surface area (Å²) in [6.07, 6.45) is 2.29. The molecule has 3 aromatic rings. The molecule has 1 fully saturated rings. The van der Waals surface area contributed by atoms with Crippen LogP contribution in [0.15, 0.2) is 65.2 Å². The molecule has 2 heterocycles. The molecule has 0 aliphatic carbocycles. The van der Waals surface area contributed by atoms with E-state index in [1.54, 1.807) is 7.11 Å². The van der Waals surface area contributed by atoms with E-state index in [1.807, 2.05) is 60.7 Å². The van der Waals surface area contributed by atoms with E-state index in [0.29, 0.717) is 18.3 Å². The summed E-state index contributed by atoms with van der Waals surface area (Å²) in [6.45, 7) is 1.82. The van der Waals surface area contributed by atoms with Gasteiger partial charge in [-0.15, -0.1) is 0 Å². The third-order valence-electron chi connectivity index (χ3n) is 5.68. The zero-order valence-corrected chi connectivity index (χ0v) is 17.1. The molecule has 0 spiro atoms. The number of rotatable bonds is 7. The van der Waals surface area contributed by atoms with Gasteiger partial charge in [-0.2, -0.15) is 0 Å². The number of piperidine rings is 1. The van der Waals surface area contributed by atoms with Crippen molar-refractivity contribution in [1.82, 2.24) is 10.5 Å². The van der Waals surface area contributed by atoms with Crippen LogP contribution in [0.25, 0.3) is 11.3 Å². The number of nitrogens with one attached hydrogen (secondary N) is 2. The molecule has 6 heteroatoms. The van der Waals surface area contributed by atoms with Crippen LogP contribution in [0.2, 0.25) is 0 Å². The summed E-state index contributed by atoms with van der Waals surface area (Å²) in [4.78, 5) is 12.5. The fourth-order valence-electron chi connectivity index (χ4n) is 4.02. The van der Waals surface area contributed by atoms with Crippen LogP contribution in [0, 0.1) is 11.8 Å². The standard InChI is InChI=1S/C24H27N3O3/c1-29-22-9-7-17(8-10-22)23-15-21(27-30-23)13-19-16-25-12-11-18(19)14-24(28)26-20-5-3-2-4-6-20/h2-10,15,18-19,25H,11-14,16H2,1H3,(H,26,28)/t18-,19-/m0/s1. The Morgan fingerprint density at radius 2 is 1.97 bits per heavy atom. The molecule has 156 valence electrons. The van der Waals surface area contributed by atoms with Crippen LogP contribution in [0.4, 0.5) is 5.69 Å². The molecule has 1 aliphatic rings. The minimum Gasteiger partial charge on any atom is -0.497 e. The van der Waals surface area contributed by atoms with Gasteiger partial charge in [-0.1, -0.05) is 23.4 Å². The number of nitrogens with zero attached hydrogens (tertiary/aromatic N) is 1. The highest BCUT2D eigenvalue weighted by Gasteiger charge is 2.28. The SMILES string of the molecule is COc1ccc(-c2cc(C[C@H]3CNCC[C@H]3CC(=O)Nc3ccccc3)no2)cc1. The number of carbonyl (C=O) groups is 1. The number of ether oxygens (including phenoxy) is 1. The normalized spacial score (nSPS) is 18.7. The molecule has 2 atom stereocenters. The van der Waals surface area contributed by atoms with Gasteiger partial charge in [0.15, 0.2) is 5.76 Å². The van der Waals surface area contributed by atoms with E-state index in [9.17, 15) is 4.79 Å². The predicted octanol–water partition coefficient (Wildman–Crippen LogP) is 4.15. The first-order valence-electron chi connectivity index (χ1n) is 10.4. The third kappa shape index (κ3) is 5.07. The summed E-state index contributed by atoms with van der Waals surface area (Å²) < 4.78 is 10.8. The van der Waals surface area contributed by atoms with Crippen molar-refractivity contribution in [2.45, 2.75) is 19.3 Å². The van der Waals surface area contributed by atoms with E-state index in [0.717, 1.165) is 54.4 Å². The van der Waals surface area contributed by atoms with E-state index >= 15 is 0 Å². The van der Waals surface area contributed by atoms with Gasteiger partial charge in [-0.3, -0.25) is 4.79 Å². The largest absolute Gasteiger partial charge is 0.497 e. The number of benzene rings is 2. The van der Waals surface area contributed by atoms with Crippen LogP contribution in [0.5, 0.6) is 5.75 Å². The van der Waals surface area contributed by atoms with Gasteiger partial charge in [0.2, 0.25) is 5.91 Å². The van der Waals surface area contributed by atoms with Gasteiger partial charge in [-0.25, -0.2) is 0 Å². The van der Waals surface area contributed by atoms with Gasteiger partial charge >= 0.3 is 0 Å². The molecule has 0 unspecified atom stereocenters. The van der Waals surface area contributed by atoms with Crippen LogP contribution in [-0.2, 0) is 11.2 Å². The molecule has 1 saturated heterocycles. The maximum absolute atomic E-state index is 12.5. The summed E-state index contributed by atoms with van der Waals surface area (Å²) >= 11 is 0. The van der Waals surface area contributed by atoms with Gasteiger partial charge in [0.1, 0.15) is 5.75 Å². The second kappa shape index (κ2) is 9.59. The number of hydrogen-bond donors (Lipinski definition) is 2. The molecule has 0 radical (unpaired) electrons. The molecule has 6 nitrogen and oxygen atoms in total. The highest BCUT2D eigenvalue weighted by molar-refractivity contribution is 5.90. The number of para-hydroxylation sites is 1. The lowest BCUT2D eigenvalue weighted by molar-refractivity contribution is -0.117. The molecule has 0 saturated carbocycles. The third-order valence-corrected chi connectivity index (χ3v) is 5.68. The summed E-state index contributed by atoms with van der Waals surface area (Å²) in [7, 11) is 1.65. The van der Waals surface area contributed by atoms with E-state index in [4.69, 9.17) is 9.26 Å². The second-order valence-corrected chi connectivity index (χ2v) is 7.75. The minimum absolute atomic E-state index is 0.0668. The Kier molecular flexibility index (Phi) is 6.44. The van der Waals surface area contributed by atoms with Gasteiger partial charge in [0, 0.05) is 23.7 Å². The number of carbonyl (C=O) groups excluding carboxylic acids is 1. The average molecular weight is 405 g/mol. The zero-order chi connectivity index (χ0) is 20.8. The maximum Gasteiger partial charge on any atom is 0.224 e. The molecule has 2 aromatic carbocycles. The monoisotopic (exact) mass is 405 g/mol. The highest BCUT2D eigenvalue weighted by Crippen LogP contribution is 2.29. The van der Waals surface area contributed by atoms with Gasteiger partial charge in [-0.05, 0) is 74.2 Å². The van der Waals surface area contributed by atoms with Crippen LogP contribution >= 0.6 is 0 Å². The fraction of sp³-hybridized carbons (Fsp3) is 0.333. The van der Waals surface area contributed by atoms with Gasteiger partial charge < -0.3 is 19.9 Å². The van der Waals surface area contributed by atoms with Crippen molar-refractivity contribution in [3.8, 4) is 17.1 Å². The lowest BCUT2D eigenvalue weighted by atomic mass is 9.81. The quantitative estimate of drug-likeness (QED) is 0.618. The molecular weight excluding hydrogens is 378 g/mol. The average Bonchev–Trinajstić information content (AvgIpc) is 3.24. The van der Waals surface area contributed by atoms with E-state index in [-0.39, 0.29) is 5.91 Å². The number of aromatic nitrogens is 1. The van der Waals surface area contributed by atoms with E-state index in [2.05, 4.69) is 15.8 Å². The lowest BCUT2D eigenvalue weighted by Crippen LogP contribution is -2.39. The lowest BCUT2D eigenvalue weighted by Gasteiger charge is -2.31. The maximum atomic E-state index is 12.5. The van der Waals surface area contributed by atoms with Crippen LogP contribution < -0.4 is 15.4 Å². The molecule has 2 N–H and O–H groups in total. The molecule has 1 amide bonds. The Balaban J connectivity index is 1.38. The smallest absolute Gasteiger partial charge is 0.224 e. The summed E-state index contributed by atoms with van der Waals surface area (Å²) in [5.74, 6) is 2.28. The Morgan fingerprint density at radius 1 is 1.17 bits per heavy atom. The van der Waals surface area contributed by atoms with Gasteiger partial charge in [0.25, 0.3) is 0 Å². The topological polar surface area (TPSA) is 76.4 Å². The van der Waals surface area contributed by atoms with Crippen molar-refractivity contribution in [3.63, 3.8) is 0 Å². The number of anilines is 1. The van der Waals surface area contributed by atoms with Crippen LogP contribution in [0.3, 0.4) is 0 Å². The highest BCUT2D eigenvalue weighted by atomic mass is 16.5. The summed E-state index contributed by atoms with van der Waals surface area (Å²) in [6, 6.07) is 19.3. The molecular formula is C24H27N3O3. The van der Waals surface area contributed by atoms with Crippen molar-refractivity contribution in [2.24, 2.45) is 11.8 Å². The Bertz CT molecular complexity index is 953. The van der Waals surface area contributed by atoms with Crippen LogP contribution in [-0.4, -0.2) is 31.3 Å². The number of hydrogen-bond acceptors (Lipinski definition) is 5. The van der Waals surface area contributed by atoms with Crippen molar-refractivity contribution in [2.75, 3.05) is 25.5 Å². The minimum atomic E-state index is 0.0668. The van der Waals surface area contributed by atoms with Crippen molar-refractivity contribution in [1.29, 1.82) is 0 Å². The van der Waals surface area contributed by atoms with Crippen molar-refractivity contribution < 1.29 is 14.1 Å². The Hall–Kier alpha value is -3.12. The first kappa shape index (κ1) is 20.2. The fourth-order valence-corrected chi connectivity index (χ4v) is 4.02. The Labute approximate surface area is 176 Å². The van der Waals surface area contributed by atoms with Crippen LogP contribution in [0.1, 0.15) is 18.5 Å². The first-order valence-corrected chi connectivity index (χ1v) is 10.4. The second-order valence-electron chi connectivity index (χ2n) is 7.75. The first-order chi connectivity index (χ1) is 14.7. The summed E-state index contributed by atoms with van der Waals surface area (Å²) in [5, 5.41) is 10.7. The predicted molar refractivity (Wildman–Crippen MR) is 116 cm³/mol. The van der Waals surface area contributed by atoms with Gasteiger partial charge in [0.05, 0.1) is 12.8 Å².